The molecule has 0 atom stereocenters. The van der Waals surface area contributed by atoms with Crippen LogP contribution in [0.5, 0.6) is 0 Å². The first-order valence-electron chi connectivity index (χ1n) is 10.8. The molecule has 1 aromatic carbocycles. The van der Waals surface area contributed by atoms with E-state index in [9.17, 15) is 4.79 Å². The van der Waals surface area contributed by atoms with Crippen molar-refractivity contribution in [1.29, 1.82) is 0 Å². The molecule has 0 spiro atoms. The molecule has 1 aliphatic heterocycles. The Morgan fingerprint density at radius 1 is 1.06 bits per heavy atom. The van der Waals surface area contributed by atoms with Crippen LogP contribution in [0.2, 0.25) is 0 Å². The van der Waals surface area contributed by atoms with E-state index < -0.39 is 5.60 Å². The maximum atomic E-state index is 12.4. The first-order valence-corrected chi connectivity index (χ1v) is 11.7. The number of hydrogen-bond donors (Lipinski definition) is 0. The van der Waals surface area contributed by atoms with Gasteiger partial charge in [-0.05, 0) is 37.8 Å². The average Bonchev–Trinajstić information content (AvgIpc) is 3.17. The van der Waals surface area contributed by atoms with Gasteiger partial charge in [-0.3, -0.25) is 0 Å². The standard InChI is InChI=1S/C24H30N4O2S/c1-16(2)17-6-8-18(9-7-17)19-14-31-22-20(19)21(25-15-26-22)27-10-12-28(13-11-27)23(29)30-24(3,4)5/h6-9,14-16H,10-13H2,1-5H3. The lowest BCUT2D eigenvalue weighted by molar-refractivity contribution is 0.0240. The van der Waals surface area contributed by atoms with E-state index in [-0.39, 0.29) is 6.09 Å². The summed E-state index contributed by atoms with van der Waals surface area (Å²) in [7, 11) is 0. The molecule has 31 heavy (non-hydrogen) atoms. The third-order valence-electron chi connectivity index (χ3n) is 5.47. The van der Waals surface area contributed by atoms with E-state index >= 15 is 0 Å². The number of thiophene rings is 1. The summed E-state index contributed by atoms with van der Waals surface area (Å²) in [5.41, 5.74) is 3.20. The maximum absolute atomic E-state index is 12.4. The zero-order chi connectivity index (χ0) is 22.2. The predicted molar refractivity (Wildman–Crippen MR) is 127 cm³/mol. The van der Waals surface area contributed by atoms with Gasteiger partial charge in [0.2, 0.25) is 0 Å². The Bertz CT molecular complexity index is 1060. The Kier molecular flexibility index (Phi) is 5.88. The minimum atomic E-state index is -0.482. The molecule has 0 aliphatic carbocycles. The van der Waals surface area contributed by atoms with E-state index in [0.717, 1.165) is 16.0 Å². The van der Waals surface area contributed by atoms with Crippen molar-refractivity contribution >= 4 is 33.5 Å². The minimum absolute atomic E-state index is 0.249. The minimum Gasteiger partial charge on any atom is -0.444 e. The van der Waals surface area contributed by atoms with E-state index in [1.165, 1.54) is 16.7 Å². The van der Waals surface area contributed by atoms with Crippen LogP contribution in [0.25, 0.3) is 21.3 Å². The second-order valence-corrected chi connectivity index (χ2v) is 10.1. The number of ether oxygens (including phenoxy) is 1. The van der Waals surface area contributed by atoms with E-state index in [2.05, 4.69) is 58.4 Å². The Balaban J connectivity index is 1.58. The van der Waals surface area contributed by atoms with Crippen molar-refractivity contribution in [2.24, 2.45) is 0 Å². The van der Waals surface area contributed by atoms with Gasteiger partial charge in [0, 0.05) is 37.1 Å². The number of anilines is 1. The number of rotatable bonds is 3. The van der Waals surface area contributed by atoms with Crippen LogP contribution in [0.3, 0.4) is 0 Å². The van der Waals surface area contributed by atoms with Gasteiger partial charge in [-0.25, -0.2) is 14.8 Å². The molecule has 4 rings (SSSR count). The summed E-state index contributed by atoms with van der Waals surface area (Å²) in [6, 6.07) is 8.78. The smallest absolute Gasteiger partial charge is 0.410 e. The molecule has 3 heterocycles. The van der Waals surface area contributed by atoms with Crippen molar-refractivity contribution in [1.82, 2.24) is 14.9 Å². The van der Waals surface area contributed by atoms with Crippen molar-refractivity contribution in [2.75, 3.05) is 31.1 Å². The van der Waals surface area contributed by atoms with Gasteiger partial charge in [-0.15, -0.1) is 11.3 Å². The molecule has 1 amide bonds. The van der Waals surface area contributed by atoms with Gasteiger partial charge in [0.15, 0.2) is 0 Å². The number of hydrogen-bond acceptors (Lipinski definition) is 6. The van der Waals surface area contributed by atoms with E-state index in [4.69, 9.17) is 4.74 Å². The Labute approximate surface area is 187 Å². The quantitative estimate of drug-likeness (QED) is 0.537. The number of carbonyl (C=O) groups excluding carboxylic acids is 1. The van der Waals surface area contributed by atoms with Crippen LogP contribution < -0.4 is 4.90 Å². The monoisotopic (exact) mass is 438 g/mol. The number of aromatic nitrogens is 2. The number of fused-ring (bicyclic) bond motifs is 1. The summed E-state index contributed by atoms with van der Waals surface area (Å²) < 4.78 is 5.52. The molecule has 0 saturated carbocycles. The van der Waals surface area contributed by atoms with Crippen LogP contribution >= 0.6 is 11.3 Å². The molecule has 1 aliphatic rings. The third kappa shape index (κ3) is 4.66. The predicted octanol–water partition coefficient (Wildman–Crippen LogP) is 5.54. The van der Waals surface area contributed by atoms with Gasteiger partial charge in [-0.1, -0.05) is 38.1 Å². The zero-order valence-corrected chi connectivity index (χ0v) is 19.7. The first-order chi connectivity index (χ1) is 14.7. The Morgan fingerprint density at radius 2 is 1.74 bits per heavy atom. The van der Waals surface area contributed by atoms with Crippen LogP contribution in [0.4, 0.5) is 10.6 Å². The summed E-state index contributed by atoms with van der Waals surface area (Å²) in [6.07, 6.45) is 1.39. The lowest BCUT2D eigenvalue weighted by Crippen LogP contribution is -2.50. The number of benzene rings is 1. The molecule has 0 unspecified atom stereocenters. The molecule has 0 radical (unpaired) electrons. The highest BCUT2D eigenvalue weighted by atomic mass is 32.1. The van der Waals surface area contributed by atoms with Crippen LogP contribution in [0, 0.1) is 0 Å². The molecule has 164 valence electrons. The fraction of sp³-hybridized carbons (Fsp3) is 0.458. The van der Waals surface area contributed by atoms with Gasteiger partial charge >= 0.3 is 6.09 Å². The highest BCUT2D eigenvalue weighted by Gasteiger charge is 2.27. The lowest BCUT2D eigenvalue weighted by Gasteiger charge is -2.36. The van der Waals surface area contributed by atoms with Crippen LogP contribution in [0.15, 0.2) is 36.0 Å². The third-order valence-corrected chi connectivity index (χ3v) is 6.36. The maximum Gasteiger partial charge on any atom is 0.410 e. The van der Waals surface area contributed by atoms with Crippen LogP contribution in [0.1, 0.15) is 46.1 Å². The van der Waals surface area contributed by atoms with Crippen molar-refractivity contribution < 1.29 is 9.53 Å². The van der Waals surface area contributed by atoms with E-state index in [0.29, 0.717) is 32.1 Å². The van der Waals surface area contributed by atoms with Crippen molar-refractivity contribution in [3.8, 4) is 11.1 Å². The fourth-order valence-corrected chi connectivity index (χ4v) is 4.70. The van der Waals surface area contributed by atoms with E-state index in [1.807, 2.05) is 20.8 Å². The number of nitrogens with zero attached hydrogens (tertiary/aromatic N) is 4. The number of piperazine rings is 1. The lowest BCUT2D eigenvalue weighted by atomic mass is 9.99. The Hall–Kier alpha value is -2.67. The molecule has 7 heteroatoms. The Morgan fingerprint density at radius 3 is 2.35 bits per heavy atom. The van der Waals surface area contributed by atoms with Crippen molar-refractivity contribution in [2.45, 2.75) is 46.1 Å². The van der Waals surface area contributed by atoms with Crippen LogP contribution in [-0.2, 0) is 4.74 Å². The molecular formula is C24H30N4O2S. The van der Waals surface area contributed by atoms with Crippen LogP contribution in [-0.4, -0.2) is 52.7 Å². The summed E-state index contributed by atoms with van der Waals surface area (Å²) in [5.74, 6) is 1.45. The van der Waals surface area contributed by atoms with Gasteiger partial charge < -0.3 is 14.5 Å². The second kappa shape index (κ2) is 8.46. The normalized spacial score (nSPS) is 15.0. The molecule has 3 aromatic rings. The summed E-state index contributed by atoms with van der Waals surface area (Å²) >= 11 is 1.65. The topological polar surface area (TPSA) is 58.6 Å². The number of carbonyl (C=O) groups is 1. The van der Waals surface area contributed by atoms with Crippen molar-refractivity contribution in [3.63, 3.8) is 0 Å². The average molecular weight is 439 g/mol. The molecule has 6 nitrogen and oxygen atoms in total. The van der Waals surface area contributed by atoms with Gasteiger partial charge in [-0.2, -0.15) is 0 Å². The highest BCUT2D eigenvalue weighted by Crippen LogP contribution is 2.38. The molecule has 0 N–H and O–H groups in total. The summed E-state index contributed by atoms with van der Waals surface area (Å²) in [6.45, 7) is 12.8. The van der Waals surface area contributed by atoms with Gasteiger partial charge in [0.1, 0.15) is 22.6 Å². The molecule has 1 fully saturated rings. The fourth-order valence-electron chi connectivity index (χ4n) is 3.79. The largest absolute Gasteiger partial charge is 0.444 e. The SMILES string of the molecule is CC(C)c1ccc(-c2csc3ncnc(N4CCN(C(=O)OC(C)(C)C)CC4)c23)cc1. The summed E-state index contributed by atoms with van der Waals surface area (Å²) in [4.78, 5) is 26.6. The summed E-state index contributed by atoms with van der Waals surface area (Å²) in [5, 5.41) is 3.26. The number of amides is 1. The molecule has 2 aromatic heterocycles. The molecule has 0 bridgehead atoms. The van der Waals surface area contributed by atoms with Gasteiger partial charge in [0.25, 0.3) is 0 Å². The van der Waals surface area contributed by atoms with Gasteiger partial charge in [0.05, 0.1) is 5.39 Å². The first kappa shape index (κ1) is 21.6. The zero-order valence-electron chi connectivity index (χ0n) is 18.9. The highest BCUT2D eigenvalue weighted by molar-refractivity contribution is 7.17. The second-order valence-electron chi connectivity index (χ2n) is 9.26. The van der Waals surface area contributed by atoms with E-state index in [1.54, 1.807) is 22.6 Å². The molecule has 1 saturated heterocycles. The van der Waals surface area contributed by atoms with Crippen molar-refractivity contribution in [3.05, 3.63) is 41.5 Å². The molecular weight excluding hydrogens is 408 g/mol.